The Morgan fingerprint density at radius 3 is 2.92 bits per heavy atom. The number of hydrogen-bond acceptors (Lipinski definition) is 5. The third kappa shape index (κ3) is 2.93. The molecule has 0 saturated carbocycles. The molecule has 0 fully saturated rings. The summed E-state index contributed by atoms with van der Waals surface area (Å²) < 4.78 is 25.4. The first kappa shape index (κ1) is 15.9. The van der Waals surface area contributed by atoms with Gasteiger partial charge in [0.1, 0.15) is 11.3 Å². The van der Waals surface area contributed by atoms with Gasteiger partial charge in [0.15, 0.2) is 5.58 Å². The number of oxazole rings is 1. The predicted octanol–water partition coefficient (Wildman–Crippen LogP) is 4.31. The Balaban J connectivity index is 1.79. The first-order chi connectivity index (χ1) is 12.0. The lowest BCUT2D eigenvalue weighted by Crippen LogP contribution is -2.29. The van der Waals surface area contributed by atoms with Crippen LogP contribution in [-0.2, 0) is 4.74 Å². The van der Waals surface area contributed by atoms with E-state index in [4.69, 9.17) is 26.5 Å². The van der Waals surface area contributed by atoms with Crippen molar-refractivity contribution >= 4 is 28.7 Å². The zero-order chi connectivity index (χ0) is 17.6. The van der Waals surface area contributed by atoms with Gasteiger partial charge in [0.25, 0.3) is 6.02 Å². The summed E-state index contributed by atoms with van der Waals surface area (Å²) in [5.74, 6) is 0.0490. The number of amidine groups is 1. The summed E-state index contributed by atoms with van der Waals surface area (Å²) in [5, 5.41) is 0.566. The summed E-state index contributed by atoms with van der Waals surface area (Å²) in [4.78, 5) is 8.69. The highest BCUT2D eigenvalue weighted by atomic mass is 35.5. The van der Waals surface area contributed by atoms with Gasteiger partial charge >= 0.3 is 0 Å². The molecule has 1 aromatic heterocycles. The van der Waals surface area contributed by atoms with Crippen molar-refractivity contribution in [2.24, 2.45) is 16.6 Å². The molecule has 0 saturated heterocycles. The highest BCUT2D eigenvalue weighted by Gasteiger charge is 2.27. The molecule has 3 aromatic rings. The van der Waals surface area contributed by atoms with Crippen LogP contribution in [0.1, 0.15) is 18.5 Å². The quantitative estimate of drug-likeness (QED) is 0.740. The standard InChI is InChI=1S/C18H15ClFN3O2/c1-9-8-24-18(21)23-16(9)12-6-10(2-4-13(12)20)17-22-14-5-3-11(19)7-15(14)25-17/h2-7,9,16H,8H2,1H3,(H2,21,23)/t9-,16?/m0/s1. The number of nitrogens with two attached hydrogens (primary N) is 1. The van der Waals surface area contributed by atoms with E-state index in [1.165, 1.54) is 6.07 Å². The summed E-state index contributed by atoms with van der Waals surface area (Å²) in [6, 6.07) is 9.60. The Morgan fingerprint density at radius 1 is 1.24 bits per heavy atom. The molecule has 4 rings (SSSR count). The molecule has 0 amide bonds. The van der Waals surface area contributed by atoms with Crippen LogP contribution in [-0.4, -0.2) is 17.6 Å². The average Bonchev–Trinajstić information content (AvgIpc) is 3.00. The smallest absolute Gasteiger partial charge is 0.282 e. The lowest BCUT2D eigenvalue weighted by atomic mass is 9.93. The summed E-state index contributed by atoms with van der Waals surface area (Å²) in [5.41, 5.74) is 8.02. The third-order valence-electron chi connectivity index (χ3n) is 4.21. The Morgan fingerprint density at radius 2 is 2.08 bits per heavy atom. The second-order valence-corrected chi connectivity index (χ2v) is 6.50. The normalized spacial score (nSPS) is 20.4. The highest BCUT2D eigenvalue weighted by Crippen LogP contribution is 2.34. The number of benzene rings is 2. The average molecular weight is 360 g/mol. The second-order valence-electron chi connectivity index (χ2n) is 6.07. The molecular weight excluding hydrogens is 345 g/mol. The number of ether oxygens (including phenoxy) is 1. The van der Waals surface area contributed by atoms with Gasteiger partial charge in [-0.15, -0.1) is 0 Å². The summed E-state index contributed by atoms with van der Waals surface area (Å²) in [6.45, 7) is 2.33. The van der Waals surface area contributed by atoms with Crippen LogP contribution in [0.2, 0.25) is 5.02 Å². The third-order valence-corrected chi connectivity index (χ3v) is 4.45. The lowest BCUT2D eigenvalue weighted by Gasteiger charge is -2.26. The molecule has 1 aliphatic heterocycles. The van der Waals surface area contributed by atoms with Crippen LogP contribution in [0.15, 0.2) is 45.8 Å². The van der Waals surface area contributed by atoms with E-state index >= 15 is 0 Å². The fourth-order valence-electron chi connectivity index (χ4n) is 2.91. The van der Waals surface area contributed by atoms with Gasteiger partial charge in [0.05, 0.1) is 12.6 Å². The van der Waals surface area contributed by atoms with Crippen molar-refractivity contribution in [2.45, 2.75) is 13.0 Å². The number of halogens is 2. The molecule has 0 radical (unpaired) electrons. The molecule has 0 aliphatic carbocycles. The second kappa shape index (κ2) is 6.04. The highest BCUT2D eigenvalue weighted by molar-refractivity contribution is 6.31. The van der Waals surface area contributed by atoms with Crippen LogP contribution in [0, 0.1) is 11.7 Å². The molecular formula is C18H15ClFN3O2. The fraction of sp³-hybridized carbons (Fsp3) is 0.222. The fourth-order valence-corrected chi connectivity index (χ4v) is 3.07. The van der Waals surface area contributed by atoms with Crippen molar-refractivity contribution in [3.63, 3.8) is 0 Å². The van der Waals surface area contributed by atoms with Gasteiger partial charge in [0.2, 0.25) is 5.89 Å². The summed E-state index contributed by atoms with van der Waals surface area (Å²) in [7, 11) is 0. The van der Waals surface area contributed by atoms with E-state index < -0.39 is 6.04 Å². The predicted molar refractivity (Wildman–Crippen MR) is 93.9 cm³/mol. The van der Waals surface area contributed by atoms with E-state index in [0.717, 1.165) is 0 Å². The topological polar surface area (TPSA) is 73.6 Å². The van der Waals surface area contributed by atoms with Crippen molar-refractivity contribution in [1.29, 1.82) is 0 Å². The Hall–Kier alpha value is -2.60. The van der Waals surface area contributed by atoms with Crippen LogP contribution in [0.4, 0.5) is 4.39 Å². The molecule has 5 nitrogen and oxygen atoms in total. The zero-order valence-corrected chi connectivity index (χ0v) is 14.1. The van der Waals surface area contributed by atoms with Crippen LogP contribution in [0.5, 0.6) is 0 Å². The lowest BCUT2D eigenvalue weighted by molar-refractivity contribution is 0.195. The molecule has 0 spiro atoms. The number of rotatable bonds is 2. The Bertz CT molecular complexity index is 986. The Labute approximate surface area is 148 Å². The molecule has 2 aromatic carbocycles. The van der Waals surface area contributed by atoms with Crippen LogP contribution >= 0.6 is 11.6 Å². The molecule has 25 heavy (non-hydrogen) atoms. The van der Waals surface area contributed by atoms with Crippen molar-refractivity contribution in [2.75, 3.05) is 6.61 Å². The van der Waals surface area contributed by atoms with Gasteiger partial charge in [-0.25, -0.2) is 14.4 Å². The largest absolute Gasteiger partial charge is 0.465 e. The maximum Gasteiger partial charge on any atom is 0.282 e. The van der Waals surface area contributed by atoms with E-state index in [0.29, 0.717) is 39.7 Å². The van der Waals surface area contributed by atoms with Crippen molar-refractivity contribution in [1.82, 2.24) is 4.98 Å². The SMILES string of the molecule is C[C@H]1COC(N)=NC1c1cc(-c2nc3ccc(Cl)cc3o2)ccc1F. The minimum absolute atomic E-state index is 0.000473. The Kier molecular flexibility index (Phi) is 3.84. The summed E-state index contributed by atoms with van der Waals surface area (Å²) in [6.07, 6.45) is 0. The van der Waals surface area contributed by atoms with Gasteiger partial charge in [-0.1, -0.05) is 18.5 Å². The van der Waals surface area contributed by atoms with Gasteiger partial charge < -0.3 is 14.9 Å². The number of nitrogens with zero attached hydrogens (tertiary/aromatic N) is 2. The van der Waals surface area contributed by atoms with Crippen molar-refractivity contribution in [3.8, 4) is 11.5 Å². The van der Waals surface area contributed by atoms with E-state index in [1.54, 1.807) is 30.3 Å². The molecule has 128 valence electrons. The van der Waals surface area contributed by atoms with E-state index in [2.05, 4.69) is 9.98 Å². The molecule has 7 heteroatoms. The first-order valence-electron chi connectivity index (χ1n) is 7.83. The van der Waals surface area contributed by atoms with Gasteiger partial charge in [-0.05, 0) is 30.3 Å². The van der Waals surface area contributed by atoms with E-state index in [1.807, 2.05) is 6.92 Å². The molecule has 2 heterocycles. The number of aromatic nitrogens is 1. The van der Waals surface area contributed by atoms with Crippen LogP contribution < -0.4 is 5.73 Å². The van der Waals surface area contributed by atoms with Crippen molar-refractivity contribution < 1.29 is 13.5 Å². The van der Waals surface area contributed by atoms with E-state index in [-0.39, 0.29) is 17.8 Å². The zero-order valence-electron chi connectivity index (χ0n) is 13.4. The monoisotopic (exact) mass is 359 g/mol. The van der Waals surface area contributed by atoms with Gasteiger partial charge in [0, 0.05) is 28.1 Å². The summed E-state index contributed by atoms with van der Waals surface area (Å²) >= 11 is 5.98. The number of hydrogen-bond donors (Lipinski definition) is 1. The first-order valence-corrected chi connectivity index (χ1v) is 8.21. The minimum atomic E-state index is -0.410. The minimum Gasteiger partial charge on any atom is -0.465 e. The van der Waals surface area contributed by atoms with Gasteiger partial charge in [-0.2, -0.15) is 0 Å². The maximum absolute atomic E-state index is 14.4. The molecule has 2 atom stereocenters. The molecule has 1 aliphatic rings. The molecule has 2 N–H and O–H groups in total. The van der Waals surface area contributed by atoms with E-state index in [9.17, 15) is 4.39 Å². The van der Waals surface area contributed by atoms with Crippen LogP contribution in [0.25, 0.3) is 22.6 Å². The maximum atomic E-state index is 14.4. The van der Waals surface area contributed by atoms with Crippen molar-refractivity contribution in [3.05, 3.63) is 52.8 Å². The molecule has 0 bridgehead atoms. The molecule has 1 unspecified atom stereocenters. The van der Waals surface area contributed by atoms with Crippen LogP contribution in [0.3, 0.4) is 0 Å². The number of aliphatic imine (C=N–C) groups is 1. The van der Waals surface area contributed by atoms with Gasteiger partial charge in [-0.3, -0.25) is 0 Å². The number of fused-ring (bicyclic) bond motifs is 1.